The maximum absolute atomic E-state index is 13.0. The highest BCUT2D eigenvalue weighted by Crippen LogP contribution is 2.43. The molecule has 2 aromatic carbocycles. The Morgan fingerprint density at radius 1 is 0.920 bits per heavy atom. The van der Waals surface area contributed by atoms with Gasteiger partial charge in [-0.25, -0.2) is 0 Å². The van der Waals surface area contributed by atoms with Crippen LogP contribution in [0.4, 0.5) is 5.69 Å². The van der Waals surface area contributed by atoms with Crippen molar-refractivity contribution in [3.8, 4) is 0 Å². The highest BCUT2D eigenvalue weighted by atomic mass is 79.9. The Balaban J connectivity index is 1.85. The lowest BCUT2D eigenvalue weighted by molar-refractivity contribution is -0.119. The van der Waals surface area contributed by atoms with Crippen LogP contribution in [0, 0.1) is 0 Å². The Bertz CT molecular complexity index is 855. The van der Waals surface area contributed by atoms with Crippen LogP contribution in [-0.2, 0) is 9.59 Å². The molecule has 1 amide bonds. The van der Waals surface area contributed by atoms with Gasteiger partial charge in [0.25, 0.3) is 0 Å². The number of anilines is 1. The Morgan fingerprint density at radius 2 is 1.64 bits per heavy atom. The summed E-state index contributed by atoms with van der Waals surface area (Å²) in [5.74, 6) is 0.110. The van der Waals surface area contributed by atoms with Crippen molar-refractivity contribution in [2.24, 2.45) is 0 Å². The Labute approximate surface area is 155 Å². The van der Waals surface area contributed by atoms with E-state index in [0.717, 1.165) is 39.8 Å². The van der Waals surface area contributed by atoms with Crippen LogP contribution < -0.4 is 4.90 Å². The molecule has 0 bridgehead atoms. The zero-order valence-electron chi connectivity index (χ0n) is 13.7. The van der Waals surface area contributed by atoms with Crippen molar-refractivity contribution in [3.05, 3.63) is 75.9 Å². The summed E-state index contributed by atoms with van der Waals surface area (Å²) < 4.78 is 0.994. The molecule has 4 heteroatoms. The number of allylic oxidation sites excluding steroid dienone is 2. The fourth-order valence-corrected chi connectivity index (χ4v) is 4.11. The van der Waals surface area contributed by atoms with Crippen LogP contribution >= 0.6 is 15.9 Å². The third-order valence-corrected chi connectivity index (χ3v) is 5.49. The molecule has 4 rings (SSSR count). The zero-order valence-corrected chi connectivity index (χ0v) is 15.3. The summed E-state index contributed by atoms with van der Waals surface area (Å²) in [6.45, 7) is 0. The fourth-order valence-electron chi connectivity index (χ4n) is 3.85. The summed E-state index contributed by atoms with van der Waals surface area (Å²) in [4.78, 5) is 27.5. The first-order chi connectivity index (χ1) is 12.1. The van der Waals surface area contributed by atoms with E-state index in [0.29, 0.717) is 12.8 Å². The molecule has 2 aromatic rings. The monoisotopic (exact) mass is 395 g/mol. The maximum Gasteiger partial charge on any atom is 0.232 e. The van der Waals surface area contributed by atoms with Crippen molar-refractivity contribution in [1.82, 2.24) is 0 Å². The average molecular weight is 396 g/mol. The number of carbonyl (C=O) groups is 2. The number of hydrogen-bond donors (Lipinski definition) is 0. The molecule has 1 aliphatic carbocycles. The minimum atomic E-state index is -0.136. The molecular formula is C21H18BrNO2. The molecule has 2 aliphatic rings. The molecule has 0 saturated heterocycles. The van der Waals surface area contributed by atoms with Gasteiger partial charge in [0.15, 0.2) is 5.78 Å². The van der Waals surface area contributed by atoms with E-state index < -0.39 is 0 Å². The minimum absolute atomic E-state index is 0.0626. The maximum atomic E-state index is 13.0. The molecular weight excluding hydrogens is 378 g/mol. The number of para-hydroxylation sites is 1. The van der Waals surface area contributed by atoms with E-state index in [9.17, 15) is 9.59 Å². The smallest absolute Gasteiger partial charge is 0.232 e. The number of rotatable bonds is 2. The number of benzene rings is 2. The molecule has 1 aliphatic heterocycles. The molecule has 1 atom stereocenters. The van der Waals surface area contributed by atoms with Crippen molar-refractivity contribution < 1.29 is 9.59 Å². The van der Waals surface area contributed by atoms with Crippen LogP contribution in [0.2, 0.25) is 0 Å². The predicted molar refractivity (Wildman–Crippen MR) is 101 cm³/mol. The predicted octanol–water partition coefficient (Wildman–Crippen LogP) is 4.98. The fraction of sp³-hybridized carbons (Fsp3) is 0.238. The number of ketones is 1. The standard InChI is InChI=1S/C21H18BrNO2/c22-15-11-9-14(10-12-15)17-13-20(25)23(16-5-2-1-3-6-16)18-7-4-8-19(24)21(17)18/h1-3,5-6,9-12,17H,4,7-8,13H2. The van der Waals surface area contributed by atoms with Crippen LogP contribution in [-0.4, -0.2) is 11.7 Å². The van der Waals surface area contributed by atoms with Crippen molar-refractivity contribution in [2.75, 3.05) is 4.90 Å². The van der Waals surface area contributed by atoms with Crippen LogP contribution in [0.15, 0.2) is 70.3 Å². The second-order valence-corrected chi connectivity index (χ2v) is 7.43. The van der Waals surface area contributed by atoms with Gasteiger partial charge in [0.2, 0.25) is 5.91 Å². The minimum Gasteiger partial charge on any atom is -0.294 e. The summed E-state index contributed by atoms with van der Waals surface area (Å²) in [6, 6.07) is 17.6. The third kappa shape index (κ3) is 2.95. The second-order valence-electron chi connectivity index (χ2n) is 6.51. The van der Waals surface area contributed by atoms with Gasteiger partial charge < -0.3 is 0 Å². The first-order valence-corrected chi connectivity index (χ1v) is 9.34. The largest absolute Gasteiger partial charge is 0.294 e. The Kier molecular flexibility index (Phi) is 4.30. The molecule has 0 saturated carbocycles. The normalized spacial score (nSPS) is 20.7. The molecule has 25 heavy (non-hydrogen) atoms. The van der Waals surface area contributed by atoms with Gasteiger partial charge in [-0.1, -0.05) is 46.3 Å². The van der Waals surface area contributed by atoms with E-state index in [2.05, 4.69) is 15.9 Å². The summed E-state index contributed by atoms with van der Waals surface area (Å²) in [5, 5.41) is 0. The van der Waals surface area contributed by atoms with Crippen LogP contribution in [0.25, 0.3) is 0 Å². The van der Waals surface area contributed by atoms with Crippen molar-refractivity contribution in [3.63, 3.8) is 0 Å². The lowest BCUT2D eigenvalue weighted by Gasteiger charge is -2.38. The Hall–Kier alpha value is -2.20. The van der Waals surface area contributed by atoms with E-state index in [4.69, 9.17) is 0 Å². The number of halogens is 1. The van der Waals surface area contributed by atoms with Gasteiger partial charge in [-0.15, -0.1) is 0 Å². The van der Waals surface area contributed by atoms with E-state index in [1.807, 2.05) is 54.6 Å². The number of nitrogens with zero attached hydrogens (tertiary/aromatic N) is 1. The summed E-state index contributed by atoms with van der Waals surface area (Å²) >= 11 is 3.45. The Morgan fingerprint density at radius 3 is 2.36 bits per heavy atom. The summed E-state index contributed by atoms with van der Waals surface area (Å²) in [7, 11) is 0. The SMILES string of the molecule is O=C1CCCC2=C1C(c1ccc(Br)cc1)CC(=O)N2c1ccccc1. The number of hydrogen-bond acceptors (Lipinski definition) is 2. The third-order valence-electron chi connectivity index (χ3n) is 4.96. The van der Waals surface area contributed by atoms with E-state index in [-0.39, 0.29) is 17.6 Å². The lowest BCUT2D eigenvalue weighted by Crippen LogP contribution is -2.40. The molecule has 0 N–H and O–H groups in total. The van der Waals surface area contributed by atoms with Gasteiger partial charge in [-0.3, -0.25) is 14.5 Å². The average Bonchev–Trinajstić information content (AvgIpc) is 2.62. The zero-order chi connectivity index (χ0) is 17.4. The van der Waals surface area contributed by atoms with Crippen molar-refractivity contribution in [1.29, 1.82) is 0 Å². The van der Waals surface area contributed by atoms with E-state index in [1.165, 1.54) is 0 Å². The number of Topliss-reactive ketones (excluding diaryl/α,β-unsaturated/α-hetero) is 1. The second kappa shape index (κ2) is 6.60. The molecule has 0 aromatic heterocycles. The van der Waals surface area contributed by atoms with Gasteiger partial charge >= 0.3 is 0 Å². The molecule has 126 valence electrons. The molecule has 1 heterocycles. The van der Waals surface area contributed by atoms with Gasteiger partial charge in [0, 0.05) is 40.2 Å². The highest BCUT2D eigenvalue weighted by Gasteiger charge is 2.39. The lowest BCUT2D eigenvalue weighted by atomic mass is 9.77. The first-order valence-electron chi connectivity index (χ1n) is 8.55. The van der Waals surface area contributed by atoms with Crippen molar-refractivity contribution >= 4 is 33.3 Å². The van der Waals surface area contributed by atoms with Gasteiger partial charge in [0.1, 0.15) is 0 Å². The van der Waals surface area contributed by atoms with E-state index in [1.54, 1.807) is 4.90 Å². The number of carbonyl (C=O) groups excluding carboxylic acids is 2. The molecule has 0 radical (unpaired) electrons. The molecule has 1 unspecified atom stereocenters. The molecule has 0 fully saturated rings. The van der Waals surface area contributed by atoms with Gasteiger partial charge in [0.05, 0.1) is 0 Å². The summed E-state index contributed by atoms with van der Waals surface area (Å²) in [6.07, 6.45) is 2.49. The van der Waals surface area contributed by atoms with Gasteiger partial charge in [-0.05, 0) is 42.7 Å². The van der Waals surface area contributed by atoms with Crippen LogP contribution in [0.3, 0.4) is 0 Å². The van der Waals surface area contributed by atoms with E-state index >= 15 is 0 Å². The molecule has 3 nitrogen and oxygen atoms in total. The van der Waals surface area contributed by atoms with Crippen LogP contribution in [0.5, 0.6) is 0 Å². The van der Waals surface area contributed by atoms with Gasteiger partial charge in [-0.2, -0.15) is 0 Å². The summed E-state index contributed by atoms with van der Waals surface area (Å²) in [5.41, 5.74) is 3.61. The quantitative estimate of drug-likeness (QED) is 0.718. The van der Waals surface area contributed by atoms with Crippen LogP contribution in [0.1, 0.15) is 37.2 Å². The highest BCUT2D eigenvalue weighted by molar-refractivity contribution is 9.10. The topological polar surface area (TPSA) is 37.4 Å². The molecule has 0 spiro atoms. The first kappa shape index (κ1) is 16.3. The van der Waals surface area contributed by atoms with Crippen molar-refractivity contribution in [2.45, 2.75) is 31.6 Å². The number of amides is 1.